The Kier molecular flexibility index (Phi) is 5.80. The maximum atomic E-state index is 12.3. The van der Waals surface area contributed by atoms with E-state index < -0.39 is 12.6 Å². The van der Waals surface area contributed by atoms with Gasteiger partial charge in [-0.25, -0.2) is 4.79 Å². The van der Waals surface area contributed by atoms with Gasteiger partial charge in [-0.1, -0.05) is 19.0 Å². The number of hydrogen-bond acceptors (Lipinski definition) is 7. The molecule has 0 amide bonds. The highest BCUT2D eigenvalue weighted by molar-refractivity contribution is 6.00. The fourth-order valence-corrected chi connectivity index (χ4v) is 2.33. The van der Waals surface area contributed by atoms with Crippen LogP contribution < -0.4 is 9.47 Å². The molecule has 0 N–H and O–H groups in total. The van der Waals surface area contributed by atoms with E-state index in [1.165, 1.54) is 14.2 Å². The van der Waals surface area contributed by atoms with Gasteiger partial charge in [0.25, 0.3) is 0 Å². The van der Waals surface area contributed by atoms with Crippen LogP contribution in [0.2, 0.25) is 0 Å². The number of ether oxygens (including phenoxy) is 3. The smallest absolute Gasteiger partial charge is 0.344 e. The number of Topliss-reactive ketones (excluding diaryl/α,β-unsaturated/α-hetero) is 1. The van der Waals surface area contributed by atoms with Gasteiger partial charge in [-0.3, -0.25) is 4.79 Å². The fourth-order valence-electron chi connectivity index (χ4n) is 2.33. The lowest BCUT2D eigenvalue weighted by Gasteiger charge is -2.09. The zero-order chi connectivity index (χ0) is 18.6. The summed E-state index contributed by atoms with van der Waals surface area (Å²) in [5.41, 5.74) is 1.07. The first-order valence-electron chi connectivity index (χ1n) is 7.77. The first-order valence-corrected chi connectivity index (χ1v) is 7.77. The van der Waals surface area contributed by atoms with Gasteiger partial charge in [0, 0.05) is 11.5 Å². The SMILES string of the molecule is COc1ccc(C(=O)COC(=O)c2c(C)noc2C(C)C)cc1OC. The number of esters is 1. The summed E-state index contributed by atoms with van der Waals surface area (Å²) >= 11 is 0. The van der Waals surface area contributed by atoms with Gasteiger partial charge in [-0.2, -0.15) is 0 Å². The van der Waals surface area contributed by atoms with Crippen molar-refractivity contribution in [1.29, 1.82) is 0 Å². The lowest BCUT2D eigenvalue weighted by atomic mass is 10.1. The van der Waals surface area contributed by atoms with Crippen LogP contribution in [0.3, 0.4) is 0 Å². The molecule has 0 aliphatic carbocycles. The molecule has 1 aromatic heterocycles. The van der Waals surface area contributed by atoms with Gasteiger partial charge in [-0.05, 0) is 25.1 Å². The molecule has 0 fully saturated rings. The van der Waals surface area contributed by atoms with Crippen LogP contribution in [0.25, 0.3) is 0 Å². The van der Waals surface area contributed by atoms with E-state index in [4.69, 9.17) is 18.7 Å². The van der Waals surface area contributed by atoms with Gasteiger partial charge in [0.05, 0.1) is 19.9 Å². The molecule has 0 spiro atoms. The highest BCUT2D eigenvalue weighted by Gasteiger charge is 2.24. The molecule has 2 rings (SSSR count). The quantitative estimate of drug-likeness (QED) is 0.561. The fraction of sp³-hybridized carbons (Fsp3) is 0.389. The van der Waals surface area contributed by atoms with E-state index in [-0.39, 0.29) is 17.3 Å². The van der Waals surface area contributed by atoms with Gasteiger partial charge in [0.1, 0.15) is 5.56 Å². The molecule has 0 aliphatic heterocycles. The van der Waals surface area contributed by atoms with E-state index in [2.05, 4.69) is 5.16 Å². The van der Waals surface area contributed by atoms with Crippen LogP contribution in [0.15, 0.2) is 22.7 Å². The van der Waals surface area contributed by atoms with Crippen LogP contribution in [0.5, 0.6) is 11.5 Å². The molecule has 1 heterocycles. The van der Waals surface area contributed by atoms with Crippen molar-refractivity contribution < 1.29 is 28.3 Å². The van der Waals surface area contributed by atoms with Crippen LogP contribution in [0, 0.1) is 6.92 Å². The number of methoxy groups -OCH3 is 2. The van der Waals surface area contributed by atoms with Gasteiger partial charge in [0.15, 0.2) is 29.6 Å². The Hall–Kier alpha value is -2.83. The number of aromatic nitrogens is 1. The maximum absolute atomic E-state index is 12.3. The van der Waals surface area contributed by atoms with E-state index in [1.807, 2.05) is 13.8 Å². The van der Waals surface area contributed by atoms with Crippen molar-refractivity contribution in [3.8, 4) is 11.5 Å². The molecule has 2 aromatic rings. The first kappa shape index (κ1) is 18.5. The van der Waals surface area contributed by atoms with Crippen molar-refractivity contribution in [2.24, 2.45) is 0 Å². The van der Waals surface area contributed by atoms with Crippen molar-refractivity contribution >= 4 is 11.8 Å². The van der Waals surface area contributed by atoms with E-state index in [1.54, 1.807) is 25.1 Å². The van der Waals surface area contributed by atoms with Gasteiger partial charge in [-0.15, -0.1) is 0 Å². The Morgan fingerprint density at radius 2 is 1.84 bits per heavy atom. The Morgan fingerprint density at radius 3 is 2.44 bits per heavy atom. The minimum Gasteiger partial charge on any atom is -0.493 e. The number of ketones is 1. The highest BCUT2D eigenvalue weighted by atomic mass is 16.5. The summed E-state index contributed by atoms with van der Waals surface area (Å²) in [5, 5.41) is 3.79. The summed E-state index contributed by atoms with van der Waals surface area (Å²) in [7, 11) is 2.99. The number of aryl methyl sites for hydroxylation is 1. The van der Waals surface area contributed by atoms with E-state index in [9.17, 15) is 9.59 Å². The van der Waals surface area contributed by atoms with Crippen molar-refractivity contribution in [3.63, 3.8) is 0 Å². The Balaban J connectivity index is 2.10. The minimum absolute atomic E-state index is 0.0229. The molecular weight excluding hydrogens is 326 g/mol. The third-order valence-corrected chi connectivity index (χ3v) is 3.66. The summed E-state index contributed by atoms with van der Waals surface area (Å²) in [5.74, 6) is 0.381. The Labute approximate surface area is 145 Å². The maximum Gasteiger partial charge on any atom is 0.344 e. The number of benzene rings is 1. The molecule has 7 heteroatoms. The molecule has 0 saturated carbocycles. The Morgan fingerprint density at radius 1 is 1.16 bits per heavy atom. The predicted molar refractivity (Wildman–Crippen MR) is 89.5 cm³/mol. The normalized spacial score (nSPS) is 10.6. The standard InChI is InChI=1S/C18H21NO6/c1-10(2)17-16(11(3)19-25-17)18(21)24-9-13(20)12-6-7-14(22-4)15(8-12)23-5/h6-8,10H,9H2,1-5H3. The average molecular weight is 347 g/mol. The highest BCUT2D eigenvalue weighted by Crippen LogP contribution is 2.28. The molecule has 0 unspecified atom stereocenters. The zero-order valence-electron chi connectivity index (χ0n) is 14.9. The van der Waals surface area contributed by atoms with Crippen molar-refractivity contribution in [2.45, 2.75) is 26.7 Å². The van der Waals surface area contributed by atoms with Crippen molar-refractivity contribution in [1.82, 2.24) is 5.16 Å². The summed E-state index contributed by atoms with van der Waals surface area (Å²) in [6.45, 7) is 5.02. The molecule has 0 bridgehead atoms. The van der Waals surface area contributed by atoms with Gasteiger partial charge in [0.2, 0.25) is 0 Å². The number of nitrogens with zero attached hydrogens (tertiary/aromatic N) is 1. The third kappa shape index (κ3) is 3.99. The van der Waals surface area contributed by atoms with Crippen LogP contribution >= 0.6 is 0 Å². The minimum atomic E-state index is -0.628. The van der Waals surface area contributed by atoms with E-state index in [0.717, 1.165) is 0 Å². The van der Waals surface area contributed by atoms with E-state index in [0.29, 0.717) is 28.5 Å². The topological polar surface area (TPSA) is 87.9 Å². The summed E-state index contributed by atoms with van der Waals surface area (Å²) in [6, 6.07) is 4.75. The van der Waals surface area contributed by atoms with Crippen LogP contribution in [0.4, 0.5) is 0 Å². The van der Waals surface area contributed by atoms with Gasteiger partial charge < -0.3 is 18.7 Å². The van der Waals surface area contributed by atoms with Crippen LogP contribution in [-0.2, 0) is 4.74 Å². The number of carbonyl (C=O) groups excluding carboxylic acids is 2. The predicted octanol–water partition coefficient (Wildman–Crippen LogP) is 3.16. The number of hydrogen-bond donors (Lipinski definition) is 0. The van der Waals surface area contributed by atoms with Crippen molar-refractivity contribution in [3.05, 3.63) is 40.8 Å². The zero-order valence-corrected chi connectivity index (χ0v) is 14.9. The third-order valence-electron chi connectivity index (χ3n) is 3.66. The van der Waals surface area contributed by atoms with Crippen molar-refractivity contribution in [2.75, 3.05) is 20.8 Å². The molecule has 0 aliphatic rings. The molecule has 7 nitrogen and oxygen atoms in total. The molecular formula is C18H21NO6. The number of rotatable bonds is 7. The average Bonchev–Trinajstić information content (AvgIpc) is 3.00. The summed E-state index contributed by atoms with van der Waals surface area (Å²) < 4.78 is 20.6. The monoisotopic (exact) mass is 347 g/mol. The van der Waals surface area contributed by atoms with Crippen LogP contribution in [0.1, 0.15) is 51.9 Å². The first-order chi connectivity index (χ1) is 11.9. The second-order valence-corrected chi connectivity index (χ2v) is 5.73. The van der Waals surface area contributed by atoms with Crippen LogP contribution in [-0.4, -0.2) is 37.7 Å². The van der Waals surface area contributed by atoms with E-state index >= 15 is 0 Å². The second-order valence-electron chi connectivity index (χ2n) is 5.73. The Bertz CT molecular complexity index is 778. The second kappa shape index (κ2) is 7.83. The summed E-state index contributed by atoms with van der Waals surface area (Å²) in [4.78, 5) is 24.6. The molecule has 0 radical (unpaired) electrons. The molecule has 1 aromatic carbocycles. The summed E-state index contributed by atoms with van der Waals surface area (Å²) in [6.07, 6.45) is 0. The molecule has 0 saturated heterocycles. The molecule has 134 valence electrons. The number of carbonyl (C=O) groups is 2. The largest absolute Gasteiger partial charge is 0.493 e. The molecule has 25 heavy (non-hydrogen) atoms. The lowest BCUT2D eigenvalue weighted by Crippen LogP contribution is -2.16. The van der Waals surface area contributed by atoms with Gasteiger partial charge >= 0.3 is 5.97 Å². The lowest BCUT2D eigenvalue weighted by molar-refractivity contribution is 0.0471. The molecule has 0 atom stereocenters.